The topological polar surface area (TPSA) is 71.2 Å². The zero-order valence-electron chi connectivity index (χ0n) is 12.8. The Balaban J connectivity index is 1.80. The Morgan fingerprint density at radius 3 is 2.81 bits per heavy atom. The standard InChI is InChI=1S/C16H26N4O/c1-2-5-13(12-17)16(21)19-14-7-10-20(11-8-14)15-6-3-4-9-18-15/h3-4,6,9,13-14H,2,5,7-8,10-12,17H2,1H3,(H,19,21). The largest absolute Gasteiger partial charge is 0.356 e. The molecule has 1 atom stereocenters. The molecule has 0 radical (unpaired) electrons. The first kappa shape index (κ1) is 15.8. The average molecular weight is 290 g/mol. The fourth-order valence-electron chi connectivity index (χ4n) is 2.82. The molecule has 5 heteroatoms. The number of anilines is 1. The zero-order chi connectivity index (χ0) is 15.1. The first-order chi connectivity index (χ1) is 10.2. The molecule has 2 rings (SSSR count). The van der Waals surface area contributed by atoms with Gasteiger partial charge in [0.05, 0.1) is 5.92 Å². The van der Waals surface area contributed by atoms with Gasteiger partial charge in [-0.1, -0.05) is 19.4 Å². The minimum atomic E-state index is -0.0381. The molecule has 1 fully saturated rings. The van der Waals surface area contributed by atoms with Crippen LogP contribution in [-0.4, -0.2) is 36.6 Å². The van der Waals surface area contributed by atoms with Crippen molar-refractivity contribution < 1.29 is 4.79 Å². The summed E-state index contributed by atoms with van der Waals surface area (Å²) in [5.41, 5.74) is 5.69. The van der Waals surface area contributed by atoms with Crippen molar-refractivity contribution in [3.8, 4) is 0 Å². The normalized spacial score (nSPS) is 17.5. The summed E-state index contributed by atoms with van der Waals surface area (Å²) in [6.45, 7) is 4.39. The number of amides is 1. The number of carbonyl (C=O) groups excluding carboxylic acids is 1. The first-order valence-electron chi connectivity index (χ1n) is 7.91. The van der Waals surface area contributed by atoms with Gasteiger partial charge >= 0.3 is 0 Å². The zero-order valence-corrected chi connectivity index (χ0v) is 12.8. The molecule has 1 aliphatic rings. The summed E-state index contributed by atoms with van der Waals surface area (Å²) in [5.74, 6) is 1.10. The van der Waals surface area contributed by atoms with Crippen molar-refractivity contribution in [3.05, 3.63) is 24.4 Å². The summed E-state index contributed by atoms with van der Waals surface area (Å²) in [6.07, 6.45) is 5.61. The van der Waals surface area contributed by atoms with Crippen molar-refractivity contribution in [2.24, 2.45) is 11.7 Å². The van der Waals surface area contributed by atoms with Crippen LogP contribution < -0.4 is 16.0 Å². The number of hydrogen-bond donors (Lipinski definition) is 2. The SMILES string of the molecule is CCCC(CN)C(=O)NC1CCN(c2ccccn2)CC1. The predicted octanol–water partition coefficient (Wildman–Crippen LogP) is 1.54. The fourth-order valence-corrected chi connectivity index (χ4v) is 2.82. The van der Waals surface area contributed by atoms with Gasteiger partial charge in [-0.3, -0.25) is 4.79 Å². The Labute approximate surface area is 126 Å². The smallest absolute Gasteiger partial charge is 0.224 e. The molecule has 0 aliphatic carbocycles. The van der Waals surface area contributed by atoms with Gasteiger partial charge in [-0.05, 0) is 31.4 Å². The van der Waals surface area contributed by atoms with E-state index >= 15 is 0 Å². The summed E-state index contributed by atoms with van der Waals surface area (Å²) < 4.78 is 0. The van der Waals surface area contributed by atoms with E-state index in [1.807, 2.05) is 24.4 Å². The van der Waals surface area contributed by atoms with Gasteiger partial charge in [0.1, 0.15) is 5.82 Å². The van der Waals surface area contributed by atoms with Crippen LogP contribution in [0.2, 0.25) is 0 Å². The molecule has 1 aliphatic heterocycles. The molecule has 21 heavy (non-hydrogen) atoms. The Kier molecular flexibility index (Phi) is 5.99. The molecule has 1 aromatic heterocycles. The van der Waals surface area contributed by atoms with Crippen LogP contribution in [0.15, 0.2) is 24.4 Å². The average Bonchev–Trinajstić information content (AvgIpc) is 2.54. The Morgan fingerprint density at radius 1 is 1.48 bits per heavy atom. The van der Waals surface area contributed by atoms with E-state index < -0.39 is 0 Å². The highest BCUT2D eigenvalue weighted by atomic mass is 16.1. The third-order valence-corrected chi connectivity index (χ3v) is 4.11. The predicted molar refractivity (Wildman–Crippen MR) is 85.1 cm³/mol. The Bertz CT molecular complexity index is 429. The van der Waals surface area contributed by atoms with Crippen molar-refractivity contribution >= 4 is 11.7 Å². The fraction of sp³-hybridized carbons (Fsp3) is 0.625. The van der Waals surface area contributed by atoms with Crippen LogP contribution in [0.1, 0.15) is 32.6 Å². The number of nitrogens with two attached hydrogens (primary N) is 1. The molecule has 2 heterocycles. The molecule has 0 saturated carbocycles. The number of rotatable bonds is 6. The van der Waals surface area contributed by atoms with Crippen LogP contribution >= 0.6 is 0 Å². The molecular weight excluding hydrogens is 264 g/mol. The molecule has 1 amide bonds. The highest BCUT2D eigenvalue weighted by Gasteiger charge is 2.24. The lowest BCUT2D eigenvalue weighted by Crippen LogP contribution is -2.47. The summed E-state index contributed by atoms with van der Waals surface area (Å²) in [6, 6.07) is 6.23. The second-order valence-corrected chi connectivity index (χ2v) is 5.68. The molecule has 3 N–H and O–H groups in total. The quantitative estimate of drug-likeness (QED) is 0.833. The molecule has 116 valence electrons. The van der Waals surface area contributed by atoms with Crippen LogP contribution in [0.5, 0.6) is 0 Å². The molecule has 1 aromatic rings. The van der Waals surface area contributed by atoms with Crippen LogP contribution in [-0.2, 0) is 4.79 Å². The van der Waals surface area contributed by atoms with Crippen LogP contribution in [0.3, 0.4) is 0 Å². The van der Waals surface area contributed by atoms with E-state index in [1.54, 1.807) is 0 Å². The van der Waals surface area contributed by atoms with Crippen molar-refractivity contribution in [1.29, 1.82) is 0 Å². The minimum absolute atomic E-state index is 0.0381. The van der Waals surface area contributed by atoms with Crippen molar-refractivity contribution in [1.82, 2.24) is 10.3 Å². The number of carbonyl (C=O) groups is 1. The Hall–Kier alpha value is -1.62. The molecule has 5 nitrogen and oxygen atoms in total. The summed E-state index contributed by atoms with van der Waals surface area (Å²) in [4.78, 5) is 18.8. The molecule has 0 aromatic carbocycles. The summed E-state index contributed by atoms with van der Waals surface area (Å²) >= 11 is 0. The molecule has 0 bridgehead atoms. The minimum Gasteiger partial charge on any atom is -0.356 e. The molecular formula is C16H26N4O. The van der Waals surface area contributed by atoms with E-state index in [0.29, 0.717) is 6.54 Å². The van der Waals surface area contributed by atoms with E-state index in [1.165, 1.54) is 0 Å². The number of nitrogens with one attached hydrogen (secondary N) is 1. The second kappa shape index (κ2) is 7.98. The maximum absolute atomic E-state index is 12.2. The highest BCUT2D eigenvalue weighted by molar-refractivity contribution is 5.79. The van der Waals surface area contributed by atoms with Gasteiger partial charge in [-0.25, -0.2) is 4.98 Å². The number of nitrogens with zero attached hydrogens (tertiary/aromatic N) is 2. The van der Waals surface area contributed by atoms with Crippen LogP contribution in [0, 0.1) is 5.92 Å². The van der Waals surface area contributed by atoms with Crippen molar-refractivity contribution in [2.75, 3.05) is 24.5 Å². The van der Waals surface area contributed by atoms with Gasteiger partial charge < -0.3 is 16.0 Å². The molecule has 1 saturated heterocycles. The van der Waals surface area contributed by atoms with E-state index in [-0.39, 0.29) is 17.9 Å². The van der Waals surface area contributed by atoms with Crippen LogP contribution in [0.25, 0.3) is 0 Å². The van der Waals surface area contributed by atoms with Gasteiger partial charge in [-0.2, -0.15) is 0 Å². The van der Waals surface area contributed by atoms with Gasteiger partial charge in [0, 0.05) is 31.9 Å². The number of aromatic nitrogens is 1. The van der Waals surface area contributed by atoms with Gasteiger partial charge in [-0.15, -0.1) is 0 Å². The van der Waals surface area contributed by atoms with Gasteiger partial charge in [0.15, 0.2) is 0 Å². The molecule has 1 unspecified atom stereocenters. The van der Waals surface area contributed by atoms with Crippen LogP contribution in [0.4, 0.5) is 5.82 Å². The lowest BCUT2D eigenvalue weighted by Gasteiger charge is -2.33. The van der Waals surface area contributed by atoms with Crippen molar-refractivity contribution in [2.45, 2.75) is 38.6 Å². The monoisotopic (exact) mass is 290 g/mol. The summed E-state index contributed by atoms with van der Waals surface area (Å²) in [5, 5.41) is 3.16. The maximum Gasteiger partial charge on any atom is 0.224 e. The third kappa shape index (κ3) is 4.43. The van der Waals surface area contributed by atoms with E-state index in [2.05, 4.69) is 22.1 Å². The van der Waals surface area contributed by atoms with E-state index in [9.17, 15) is 4.79 Å². The van der Waals surface area contributed by atoms with Gasteiger partial charge in [0.2, 0.25) is 5.91 Å². The number of pyridine rings is 1. The lowest BCUT2D eigenvalue weighted by molar-refractivity contribution is -0.125. The van der Waals surface area contributed by atoms with E-state index in [4.69, 9.17) is 5.73 Å². The second-order valence-electron chi connectivity index (χ2n) is 5.68. The Morgan fingerprint density at radius 2 is 2.24 bits per heavy atom. The number of hydrogen-bond acceptors (Lipinski definition) is 4. The first-order valence-corrected chi connectivity index (χ1v) is 7.91. The maximum atomic E-state index is 12.2. The van der Waals surface area contributed by atoms with E-state index in [0.717, 1.165) is 44.6 Å². The molecule has 0 spiro atoms. The van der Waals surface area contributed by atoms with Gasteiger partial charge in [0.25, 0.3) is 0 Å². The lowest BCUT2D eigenvalue weighted by atomic mass is 10.00. The third-order valence-electron chi connectivity index (χ3n) is 4.11. The van der Waals surface area contributed by atoms with Crippen molar-refractivity contribution in [3.63, 3.8) is 0 Å². The summed E-state index contributed by atoms with van der Waals surface area (Å²) in [7, 11) is 0. The highest BCUT2D eigenvalue weighted by Crippen LogP contribution is 2.17. The number of piperidine rings is 1.